The summed E-state index contributed by atoms with van der Waals surface area (Å²) in [6.07, 6.45) is 0.994. The van der Waals surface area contributed by atoms with Crippen LogP contribution in [0.1, 0.15) is 13.8 Å². The molecule has 1 aromatic rings. The lowest BCUT2D eigenvalue weighted by Gasteiger charge is -2.23. The number of anilines is 1. The van der Waals surface area contributed by atoms with E-state index in [0.717, 1.165) is 10.6 Å². The first-order valence-electron chi connectivity index (χ1n) is 6.95. The second-order valence-electron chi connectivity index (χ2n) is 4.93. The van der Waals surface area contributed by atoms with Crippen LogP contribution in [0, 0.1) is 0 Å². The Morgan fingerprint density at radius 2 is 2.00 bits per heavy atom. The van der Waals surface area contributed by atoms with Gasteiger partial charge < -0.3 is 10.6 Å². The molecule has 23 heavy (non-hydrogen) atoms. The van der Waals surface area contributed by atoms with Gasteiger partial charge in [0.15, 0.2) is 0 Å². The molecule has 0 fully saturated rings. The summed E-state index contributed by atoms with van der Waals surface area (Å²) >= 11 is 5.86. The molecule has 0 unspecified atom stereocenters. The maximum Gasteiger partial charge on any atom is 0.242 e. The number of likely N-dealkylation sites (N-methyl/N-ethyl adjacent to an activating group) is 1. The van der Waals surface area contributed by atoms with E-state index in [0.29, 0.717) is 11.6 Å². The number of sulfonamides is 1. The molecule has 9 heteroatoms. The van der Waals surface area contributed by atoms with Crippen molar-refractivity contribution in [2.45, 2.75) is 19.9 Å². The Morgan fingerprint density at radius 1 is 1.35 bits per heavy atom. The average molecular weight is 362 g/mol. The van der Waals surface area contributed by atoms with E-state index in [9.17, 15) is 18.0 Å². The van der Waals surface area contributed by atoms with Gasteiger partial charge in [0.2, 0.25) is 21.8 Å². The molecular formula is C14H20ClN3O4S. The molecule has 0 heterocycles. The number of carbonyl (C=O) groups is 2. The molecular weight excluding hydrogens is 342 g/mol. The van der Waals surface area contributed by atoms with Crippen LogP contribution in [0.4, 0.5) is 5.69 Å². The van der Waals surface area contributed by atoms with Gasteiger partial charge >= 0.3 is 0 Å². The van der Waals surface area contributed by atoms with Crippen LogP contribution in [0.25, 0.3) is 0 Å². The summed E-state index contributed by atoms with van der Waals surface area (Å²) in [5.41, 5.74) is 0.279. The molecule has 7 nitrogen and oxygen atoms in total. The van der Waals surface area contributed by atoms with E-state index in [4.69, 9.17) is 11.6 Å². The van der Waals surface area contributed by atoms with Gasteiger partial charge in [-0.15, -0.1) is 0 Å². The van der Waals surface area contributed by atoms with Crippen molar-refractivity contribution in [2.75, 3.05) is 23.7 Å². The van der Waals surface area contributed by atoms with Crippen LogP contribution in [-0.2, 0) is 19.6 Å². The molecule has 1 aromatic carbocycles. The normalized spacial score (nSPS) is 12.3. The van der Waals surface area contributed by atoms with Crippen molar-refractivity contribution in [3.05, 3.63) is 29.3 Å². The van der Waals surface area contributed by atoms with Gasteiger partial charge in [0.05, 0.1) is 11.9 Å². The molecule has 0 aliphatic rings. The van der Waals surface area contributed by atoms with E-state index >= 15 is 0 Å². The lowest BCUT2D eigenvalue weighted by atomic mass is 10.3. The van der Waals surface area contributed by atoms with E-state index in [-0.39, 0.29) is 11.6 Å². The van der Waals surface area contributed by atoms with Gasteiger partial charge in [-0.25, -0.2) is 8.42 Å². The maximum atomic E-state index is 12.0. The highest BCUT2D eigenvalue weighted by Crippen LogP contribution is 2.21. The monoisotopic (exact) mass is 361 g/mol. The highest BCUT2D eigenvalue weighted by atomic mass is 35.5. The average Bonchev–Trinajstić information content (AvgIpc) is 2.43. The first kappa shape index (κ1) is 19.2. The Balaban J connectivity index is 2.87. The third kappa shape index (κ3) is 6.07. The molecule has 0 spiro atoms. The van der Waals surface area contributed by atoms with E-state index in [1.165, 1.54) is 19.1 Å². The van der Waals surface area contributed by atoms with Crippen molar-refractivity contribution in [1.82, 2.24) is 10.6 Å². The van der Waals surface area contributed by atoms with Gasteiger partial charge in [-0.3, -0.25) is 13.9 Å². The number of amides is 2. The Hall–Kier alpha value is -1.80. The first-order chi connectivity index (χ1) is 10.6. The maximum absolute atomic E-state index is 12.0. The van der Waals surface area contributed by atoms with Gasteiger partial charge in [-0.05, 0) is 32.0 Å². The zero-order chi connectivity index (χ0) is 17.6. The van der Waals surface area contributed by atoms with Gasteiger partial charge in [-0.1, -0.05) is 17.7 Å². The van der Waals surface area contributed by atoms with Crippen LogP contribution in [-0.4, -0.2) is 45.6 Å². The minimum atomic E-state index is -3.68. The van der Waals surface area contributed by atoms with Crippen LogP contribution >= 0.6 is 11.6 Å². The number of benzene rings is 1. The smallest absolute Gasteiger partial charge is 0.242 e. The second kappa shape index (κ2) is 8.16. The van der Waals surface area contributed by atoms with Gasteiger partial charge in [0.25, 0.3) is 0 Å². The predicted octanol–water partition coefficient (Wildman–Crippen LogP) is 0.747. The quantitative estimate of drug-likeness (QED) is 0.749. The van der Waals surface area contributed by atoms with Gasteiger partial charge in [0, 0.05) is 11.6 Å². The summed E-state index contributed by atoms with van der Waals surface area (Å²) in [6, 6.07) is 5.41. The minimum Gasteiger partial charge on any atom is -0.355 e. The Labute approximate surface area is 141 Å². The first-order valence-corrected chi connectivity index (χ1v) is 9.18. The molecule has 1 rings (SSSR count). The fourth-order valence-electron chi connectivity index (χ4n) is 1.84. The van der Waals surface area contributed by atoms with Crippen LogP contribution < -0.4 is 14.9 Å². The van der Waals surface area contributed by atoms with Crippen molar-refractivity contribution in [2.24, 2.45) is 0 Å². The van der Waals surface area contributed by atoms with Gasteiger partial charge in [0.1, 0.15) is 12.6 Å². The van der Waals surface area contributed by atoms with Crippen molar-refractivity contribution in [3.63, 3.8) is 0 Å². The highest BCUT2D eigenvalue weighted by molar-refractivity contribution is 7.92. The number of nitrogens with one attached hydrogen (secondary N) is 2. The van der Waals surface area contributed by atoms with Crippen molar-refractivity contribution >= 4 is 39.1 Å². The standard InChI is InChI=1S/C14H20ClN3O4S/c1-4-16-14(20)10(2)17-13(19)9-18(23(3,21)22)12-7-5-6-11(15)8-12/h5-8,10H,4,9H2,1-3H3,(H,16,20)(H,17,19)/t10-/m1/s1. The fraction of sp³-hybridized carbons (Fsp3) is 0.429. The summed E-state index contributed by atoms with van der Waals surface area (Å²) < 4.78 is 24.8. The predicted molar refractivity (Wildman–Crippen MR) is 89.9 cm³/mol. The Kier molecular flexibility index (Phi) is 6.83. The lowest BCUT2D eigenvalue weighted by Crippen LogP contribution is -2.48. The summed E-state index contributed by atoms with van der Waals surface area (Å²) in [4.78, 5) is 23.6. The summed E-state index contributed by atoms with van der Waals surface area (Å²) in [5, 5.41) is 5.39. The summed E-state index contributed by atoms with van der Waals surface area (Å²) in [6.45, 7) is 3.28. The Bertz CT molecular complexity index is 678. The van der Waals surface area contributed by atoms with Crippen LogP contribution in [0.3, 0.4) is 0 Å². The van der Waals surface area contributed by atoms with E-state index in [1.54, 1.807) is 19.1 Å². The lowest BCUT2D eigenvalue weighted by molar-refractivity contribution is -0.127. The van der Waals surface area contributed by atoms with Gasteiger partial charge in [-0.2, -0.15) is 0 Å². The molecule has 0 aliphatic heterocycles. The third-order valence-corrected chi connectivity index (χ3v) is 4.28. The molecule has 2 amide bonds. The molecule has 0 saturated carbocycles. The Morgan fingerprint density at radius 3 is 2.52 bits per heavy atom. The summed E-state index contributed by atoms with van der Waals surface area (Å²) in [5.74, 6) is -0.927. The largest absolute Gasteiger partial charge is 0.355 e. The number of hydrogen-bond acceptors (Lipinski definition) is 4. The zero-order valence-electron chi connectivity index (χ0n) is 13.2. The summed E-state index contributed by atoms with van der Waals surface area (Å²) in [7, 11) is -3.68. The molecule has 0 saturated heterocycles. The van der Waals surface area contributed by atoms with Crippen molar-refractivity contribution < 1.29 is 18.0 Å². The fourth-order valence-corrected chi connectivity index (χ4v) is 2.87. The SMILES string of the molecule is CCNC(=O)[C@@H](C)NC(=O)CN(c1cccc(Cl)c1)S(C)(=O)=O. The van der Waals surface area contributed by atoms with E-state index in [1.807, 2.05) is 0 Å². The number of rotatable bonds is 7. The molecule has 0 aliphatic carbocycles. The molecule has 0 bridgehead atoms. The van der Waals surface area contributed by atoms with E-state index < -0.39 is 28.5 Å². The minimum absolute atomic E-state index is 0.279. The number of nitrogens with zero attached hydrogens (tertiary/aromatic N) is 1. The van der Waals surface area contributed by atoms with Crippen LogP contribution in [0.2, 0.25) is 5.02 Å². The molecule has 0 radical (unpaired) electrons. The topological polar surface area (TPSA) is 95.6 Å². The highest BCUT2D eigenvalue weighted by Gasteiger charge is 2.23. The third-order valence-electron chi connectivity index (χ3n) is 2.91. The molecule has 128 valence electrons. The second-order valence-corrected chi connectivity index (χ2v) is 7.28. The number of hydrogen-bond donors (Lipinski definition) is 2. The van der Waals surface area contributed by atoms with Crippen LogP contribution in [0.15, 0.2) is 24.3 Å². The van der Waals surface area contributed by atoms with Crippen LogP contribution in [0.5, 0.6) is 0 Å². The van der Waals surface area contributed by atoms with Crippen molar-refractivity contribution in [1.29, 1.82) is 0 Å². The van der Waals surface area contributed by atoms with Crippen molar-refractivity contribution in [3.8, 4) is 0 Å². The molecule has 1 atom stereocenters. The molecule has 2 N–H and O–H groups in total. The van der Waals surface area contributed by atoms with E-state index in [2.05, 4.69) is 10.6 Å². The molecule has 0 aromatic heterocycles. The number of carbonyl (C=O) groups excluding carboxylic acids is 2. The zero-order valence-corrected chi connectivity index (χ0v) is 14.7. The number of halogens is 1.